The molecule has 0 radical (unpaired) electrons. The van der Waals surface area contributed by atoms with Crippen molar-refractivity contribution in [3.05, 3.63) is 65.7 Å². The Hall–Kier alpha value is -3.35. The number of esters is 2. The fourth-order valence-electron chi connectivity index (χ4n) is 2.59. The van der Waals surface area contributed by atoms with Crippen LogP contribution in [0.1, 0.15) is 15.9 Å². The van der Waals surface area contributed by atoms with E-state index in [9.17, 15) is 14.4 Å². The number of para-hydroxylation sites is 1. The average Bonchev–Trinajstić information content (AvgIpc) is 2.72. The van der Waals surface area contributed by atoms with E-state index < -0.39 is 24.0 Å². The van der Waals surface area contributed by atoms with Crippen LogP contribution in [0.2, 0.25) is 0 Å². The van der Waals surface area contributed by atoms with Gasteiger partial charge in [-0.3, -0.25) is 4.90 Å². The number of carbonyl (C=O) groups excluding carboxylic acids is 3. The van der Waals surface area contributed by atoms with Gasteiger partial charge in [0, 0.05) is 13.5 Å². The van der Waals surface area contributed by atoms with Gasteiger partial charge in [0.15, 0.2) is 0 Å². The Bertz CT molecular complexity index is 807. The molecular weight excluding hydrogens is 348 g/mol. The van der Waals surface area contributed by atoms with E-state index in [2.05, 4.69) is 5.32 Å². The molecular formula is C20H22N2O5. The Balaban J connectivity index is 2.19. The molecule has 2 aromatic carbocycles. The van der Waals surface area contributed by atoms with Crippen LogP contribution in [-0.2, 0) is 20.7 Å². The van der Waals surface area contributed by atoms with Gasteiger partial charge >= 0.3 is 18.0 Å². The summed E-state index contributed by atoms with van der Waals surface area (Å²) in [6, 6.07) is 14.4. The summed E-state index contributed by atoms with van der Waals surface area (Å²) in [4.78, 5) is 38.0. The third-order valence-electron chi connectivity index (χ3n) is 4.04. The lowest BCUT2D eigenvalue weighted by Crippen LogP contribution is -2.48. The molecule has 0 unspecified atom stereocenters. The number of methoxy groups -OCH3 is 2. The molecule has 2 aromatic rings. The summed E-state index contributed by atoms with van der Waals surface area (Å²) in [7, 11) is 4.04. The van der Waals surface area contributed by atoms with Crippen molar-refractivity contribution in [2.24, 2.45) is 0 Å². The van der Waals surface area contributed by atoms with E-state index in [1.165, 1.54) is 26.2 Å². The van der Waals surface area contributed by atoms with Crippen LogP contribution in [0, 0.1) is 0 Å². The van der Waals surface area contributed by atoms with Crippen molar-refractivity contribution in [1.29, 1.82) is 0 Å². The van der Waals surface area contributed by atoms with Crippen LogP contribution in [0.15, 0.2) is 54.6 Å². The van der Waals surface area contributed by atoms with E-state index in [4.69, 9.17) is 9.47 Å². The van der Waals surface area contributed by atoms with Crippen molar-refractivity contribution >= 4 is 23.7 Å². The Morgan fingerprint density at radius 3 is 2.22 bits per heavy atom. The Morgan fingerprint density at radius 1 is 0.963 bits per heavy atom. The molecule has 2 rings (SSSR count). The van der Waals surface area contributed by atoms with Crippen molar-refractivity contribution in [3.8, 4) is 0 Å². The molecule has 0 aromatic heterocycles. The first-order valence-corrected chi connectivity index (χ1v) is 8.31. The van der Waals surface area contributed by atoms with Crippen LogP contribution in [0.3, 0.4) is 0 Å². The van der Waals surface area contributed by atoms with E-state index in [0.29, 0.717) is 5.69 Å². The molecule has 142 valence electrons. The SMILES string of the molecule is COC(=O)c1ccccc1N(C)C(=O)N[C@@H](Cc1ccccc1)C(=O)OC. The molecule has 0 heterocycles. The summed E-state index contributed by atoms with van der Waals surface area (Å²) in [5.74, 6) is -1.11. The van der Waals surface area contributed by atoms with Gasteiger partial charge in [0.1, 0.15) is 6.04 Å². The third-order valence-corrected chi connectivity index (χ3v) is 4.04. The number of anilines is 1. The number of ether oxygens (including phenoxy) is 2. The molecule has 0 fully saturated rings. The highest BCUT2D eigenvalue weighted by molar-refractivity contribution is 6.02. The normalized spacial score (nSPS) is 11.2. The lowest BCUT2D eigenvalue weighted by atomic mass is 10.1. The van der Waals surface area contributed by atoms with Crippen LogP contribution in [0.4, 0.5) is 10.5 Å². The van der Waals surface area contributed by atoms with Crippen molar-refractivity contribution < 1.29 is 23.9 Å². The molecule has 1 atom stereocenters. The molecule has 0 bridgehead atoms. The Kier molecular flexibility index (Phi) is 6.93. The number of amides is 2. The van der Waals surface area contributed by atoms with Crippen LogP contribution >= 0.6 is 0 Å². The van der Waals surface area contributed by atoms with Gasteiger partial charge in [-0.15, -0.1) is 0 Å². The molecule has 27 heavy (non-hydrogen) atoms. The zero-order valence-corrected chi connectivity index (χ0v) is 15.5. The number of benzene rings is 2. The van der Waals surface area contributed by atoms with Crippen LogP contribution < -0.4 is 10.2 Å². The number of urea groups is 1. The second-order valence-electron chi connectivity index (χ2n) is 5.78. The second kappa shape index (κ2) is 9.38. The number of nitrogens with one attached hydrogen (secondary N) is 1. The summed E-state index contributed by atoms with van der Waals surface area (Å²) in [6.45, 7) is 0. The van der Waals surface area contributed by atoms with Crippen molar-refractivity contribution in [1.82, 2.24) is 5.32 Å². The Labute approximate surface area is 157 Å². The zero-order chi connectivity index (χ0) is 19.8. The molecule has 1 N–H and O–H groups in total. The molecule has 0 saturated heterocycles. The van der Waals surface area contributed by atoms with E-state index in [1.807, 2.05) is 30.3 Å². The predicted molar refractivity (Wildman–Crippen MR) is 101 cm³/mol. The maximum Gasteiger partial charge on any atom is 0.339 e. The number of rotatable bonds is 6. The maximum atomic E-state index is 12.7. The van der Waals surface area contributed by atoms with Gasteiger partial charge in [0.2, 0.25) is 0 Å². The van der Waals surface area contributed by atoms with Gasteiger partial charge < -0.3 is 14.8 Å². The summed E-state index contributed by atoms with van der Waals surface area (Å²) < 4.78 is 9.56. The monoisotopic (exact) mass is 370 g/mol. The van der Waals surface area contributed by atoms with Crippen LogP contribution in [-0.4, -0.2) is 45.3 Å². The molecule has 0 saturated carbocycles. The van der Waals surface area contributed by atoms with Crippen LogP contribution in [0.25, 0.3) is 0 Å². The minimum atomic E-state index is -0.863. The molecule has 0 aliphatic rings. The number of hydrogen-bond donors (Lipinski definition) is 1. The summed E-state index contributed by atoms with van der Waals surface area (Å²) >= 11 is 0. The van der Waals surface area contributed by atoms with Crippen molar-refractivity contribution in [2.45, 2.75) is 12.5 Å². The highest BCUT2D eigenvalue weighted by Gasteiger charge is 2.25. The van der Waals surface area contributed by atoms with E-state index >= 15 is 0 Å². The first kappa shape index (κ1) is 20.0. The molecule has 0 spiro atoms. The minimum absolute atomic E-state index is 0.246. The predicted octanol–water partition coefficient (Wildman–Crippen LogP) is 2.40. The lowest BCUT2D eigenvalue weighted by molar-refractivity contribution is -0.142. The highest BCUT2D eigenvalue weighted by Crippen LogP contribution is 2.20. The average molecular weight is 370 g/mol. The topological polar surface area (TPSA) is 84.9 Å². The molecule has 0 aliphatic heterocycles. The smallest absolute Gasteiger partial charge is 0.339 e. The van der Waals surface area contributed by atoms with Gasteiger partial charge in [-0.25, -0.2) is 14.4 Å². The molecule has 0 aliphatic carbocycles. The first-order chi connectivity index (χ1) is 13.0. The van der Waals surface area contributed by atoms with Gasteiger partial charge in [-0.05, 0) is 17.7 Å². The molecule has 7 heteroatoms. The molecule has 2 amide bonds. The fraction of sp³-hybridized carbons (Fsp3) is 0.250. The summed E-state index contributed by atoms with van der Waals surface area (Å²) in [6.07, 6.45) is 0.283. The zero-order valence-electron chi connectivity index (χ0n) is 15.5. The number of hydrogen-bond acceptors (Lipinski definition) is 5. The van der Waals surface area contributed by atoms with E-state index in [1.54, 1.807) is 24.3 Å². The van der Waals surface area contributed by atoms with Gasteiger partial charge in [-0.1, -0.05) is 42.5 Å². The first-order valence-electron chi connectivity index (χ1n) is 8.31. The van der Waals surface area contributed by atoms with Gasteiger partial charge in [0.25, 0.3) is 0 Å². The van der Waals surface area contributed by atoms with E-state index in [0.717, 1.165) is 5.56 Å². The van der Waals surface area contributed by atoms with Crippen LogP contribution in [0.5, 0.6) is 0 Å². The lowest BCUT2D eigenvalue weighted by Gasteiger charge is -2.23. The van der Waals surface area contributed by atoms with Crippen molar-refractivity contribution in [3.63, 3.8) is 0 Å². The number of nitrogens with zero attached hydrogens (tertiary/aromatic N) is 1. The number of carbonyl (C=O) groups is 3. The van der Waals surface area contributed by atoms with Crippen molar-refractivity contribution in [2.75, 3.05) is 26.2 Å². The summed E-state index contributed by atoms with van der Waals surface area (Å²) in [5, 5.41) is 2.66. The highest BCUT2D eigenvalue weighted by atomic mass is 16.5. The third kappa shape index (κ3) is 5.07. The maximum absolute atomic E-state index is 12.7. The minimum Gasteiger partial charge on any atom is -0.467 e. The second-order valence-corrected chi connectivity index (χ2v) is 5.78. The van der Waals surface area contributed by atoms with Gasteiger partial charge in [-0.2, -0.15) is 0 Å². The largest absolute Gasteiger partial charge is 0.467 e. The standard InChI is InChI=1S/C20H22N2O5/c1-22(17-12-8-7-11-15(17)18(23)26-2)20(25)21-16(19(24)27-3)13-14-9-5-4-6-10-14/h4-12,16H,13H2,1-3H3,(H,21,25)/t16-/m0/s1. The quantitative estimate of drug-likeness (QED) is 0.790. The van der Waals surface area contributed by atoms with Gasteiger partial charge in [0.05, 0.1) is 25.5 Å². The fourth-order valence-corrected chi connectivity index (χ4v) is 2.59. The Morgan fingerprint density at radius 2 is 1.59 bits per heavy atom. The summed E-state index contributed by atoms with van der Waals surface area (Å²) in [5.41, 5.74) is 1.49. The van der Waals surface area contributed by atoms with E-state index in [-0.39, 0.29) is 12.0 Å². The molecule has 7 nitrogen and oxygen atoms in total.